The smallest absolute Gasteiger partial charge is 0.265 e. The number of benzene rings is 3. The normalized spacial score (nSPS) is 11.7. The first-order valence-electron chi connectivity index (χ1n) is 9.32. The number of para-hydroxylation sites is 2. The van der Waals surface area contributed by atoms with Gasteiger partial charge in [-0.25, -0.2) is 4.39 Å². The van der Waals surface area contributed by atoms with E-state index in [-0.39, 0.29) is 11.6 Å². The van der Waals surface area contributed by atoms with Gasteiger partial charge >= 0.3 is 0 Å². The van der Waals surface area contributed by atoms with Gasteiger partial charge in [0.25, 0.3) is 11.8 Å². The van der Waals surface area contributed by atoms with Crippen LogP contribution in [0.25, 0.3) is 22.8 Å². The van der Waals surface area contributed by atoms with Crippen molar-refractivity contribution in [2.45, 2.75) is 13.0 Å². The van der Waals surface area contributed by atoms with Gasteiger partial charge in [0.05, 0.1) is 11.3 Å². The van der Waals surface area contributed by atoms with Crippen molar-refractivity contribution >= 4 is 11.6 Å². The van der Waals surface area contributed by atoms with Crippen LogP contribution in [0, 0.1) is 5.82 Å². The molecule has 0 spiro atoms. The van der Waals surface area contributed by atoms with Crippen molar-refractivity contribution in [2.75, 3.05) is 5.32 Å². The largest absolute Gasteiger partial charge is 0.478 e. The number of carbonyl (C=O) groups excluding carboxylic acids is 1. The number of nitrogens with one attached hydrogen (secondary N) is 1. The van der Waals surface area contributed by atoms with Crippen molar-refractivity contribution in [2.24, 2.45) is 0 Å². The fourth-order valence-electron chi connectivity index (χ4n) is 2.83. The molecule has 7 heteroatoms. The number of carbonyl (C=O) groups is 1. The fraction of sp³-hybridized carbons (Fsp3) is 0.0870. The van der Waals surface area contributed by atoms with Crippen LogP contribution in [0.4, 0.5) is 10.1 Å². The average molecular weight is 403 g/mol. The minimum absolute atomic E-state index is 0.0119. The monoisotopic (exact) mass is 403 g/mol. The summed E-state index contributed by atoms with van der Waals surface area (Å²) in [5, 5.41) is 6.80. The summed E-state index contributed by atoms with van der Waals surface area (Å²) < 4.78 is 24.6. The van der Waals surface area contributed by atoms with Crippen LogP contribution < -0.4 is 10.1 Å². The number of hydrogen-bond acceptors (Lipinski definition) is 5. The molecule has 3 aromatic carbocycles. The third-order valence-corrected chi connectivity index (χ3v) is 4.38. The Hall–Kier alpha value is -4.00. The lowest BCUT2D eigenvalue weighted by molar-refractivity contribution is -0.122. The van der Waals surface area contributed by atoms with Gasteiger partial charge in [-0.3, -0.25) is 4.79 Å². The number of nitrogens with zero attached hydrogens (tertiary/aromatic N) is 2. The van der Waals surface area contributed by atoms with E-state index in [1.807, 2.05) is 30.3 Å². The Morgan fingerprint density at radius 1 is 1.00 bits per heavy atom. The van der Waals surface area contributed by atoms with E-state index in [9.17, 15) is 9.18 Å². The van der Waals surface area contributed by atoms with E-state index < -0.39 is 17.8 Å². The standard InChI is InChI=1S/C23H18FN3O3/c1-15(29-20-14-8-6-12-18(20)24)22(28)25-19-13-7-5-11-17(19)23-26-21(27-30-23)16-9-3-2-4-10-16/h2-15H,1H3,(H,25,28)/t15-/m0/s1. The first kappa shape index (κ1) is 19.3. The zero-order chi connectivity index (χ0) is 20.9. The van der Waals surface area contributed by atoms with Crippen LogP contribution in [0.5, 0.6) is 5.75 Å². The van der Waals surface area contributed by atoms with Gasteiger partial charge in [-0.1, -0.05) is 59.8 Å². The summed E-state index contributed by atoms with van der Waals surface area (Å²) in [6.07, 6.45) is -0.919. The summed E-state index contributed by atoms with van der Waals surface area (Å²) in [7, 11) is 0. The zero-order valence-electron chi connectivity index (χ0n) is 16.1. The molecule has 4 aromatic rings. The number of anilines is 1. The molecule has 1 amide bonds. The number of aromatic nitrogens is 2. The molecule has 0 saturated carbocycles. The predicted molar refractivity (Wildman–Crippen MR) is 110 cm³/mol. The van der Waals surface area contributed by atoms with Gasteiger partial charge in [0, 0.05) is 5.56 Å². The van der Waals surface area contributed by atoms with Crippen LogP contribution in [0.15, 0.2) is 83.4 Å². The highest BCUT2D eigenvalue weighted by atomic mass is 19.1. The molecular weight excluding hydrogens is 385 g/mol. The second kappa shape index (κ2) is 8.57. The summed E-state index contributed by atoms with van der Waals surface area (Å²) in [4.78, 5) is 17.0. The Kier molecular flexibility index (Phi) is 5.52. The molecule has 4 rings (SSSR count). The highest BCUT2D eigenvalue weighted by Crippen LogP contribution is 2.28. The third kappa shape index (κ3) is 4.20. The van der Waals surface area contributed by atoms with Crippen LogP contribution in [0.2, 0.25) is 0 Å². The molecule has 0 aliphatic carbocycles. The lowest BCUT2D eigenvalue weighted by Gasteiger charge is -2.16. The van der Waals surface area contributed by atoms with Crippen molar-refractivity contribution in [3.63, 3.8) is 0 Å². The molecule has 30 heavy (non-hydrogen) atoms. The zero-order valence-corrected chi connectivity index (χ0v) is 16.1. The van der Waals surface area contributed by atoms with Crippen LogP contribution in [-0.2, 0) is 4.79 Å². The van der Waals surface area contributed by atoms with E-state index in [0.717, 1.165) is 5.56 Å². The van der Waals surface area contributed by atoms with Crippen molar-refractivity contribution in [1.29, 1.82) is 0 Å². The Morgan fingerprint density at radius 2 is 1.70 bits per heavy atom. The van der Waals surface area contributed by atoms with Gasteiger partial charge in [-0.2, -0.15) is 4.98 Å². The second-order valence-electron chi connectivity index (χ2n) is 6.51. The van der Waals surface area contributed by atoms with Crippen LogP contribution in [0.3, 0.4) is 0 Å². The second-order valence-corrected chi connectivity index (χ2v) is 6.51. The van der Waals surface area contributed by atoms with E-state index >= 15 is 0 Å². The minimum atomic E-state index is -0.919. The highest BCUT2D eigenvalue weighted by molar-refractivity contribution is 5.97. The van der Waals surface area contributed by atoms with E-state index in [0.29, 0.717) is 17.1 Å². The number of halogens is 1. The van der Waals surface area contributed by atoms with Gasteiger partial charge in [0.1, 0.15) is 0 Å². The summed E-state index contributed by atoms with van der Waals surface area (Å²) in [5.41, 5.74) is 1.87. The number of rotatable bonds is 6. The van der Waals surface area contributed by atoms with Crippen LogP contribution in [-0.4, -0.2) is 22.2 Å². The molecule has 1 atom stereocenters. The molecule has 0 fully saturated rings. The Morgan fingerprint density at radius 3 is 2.50 bits per heavy atom. The Labute approximate surface area is 172 Å². The topological polar surface area (TPSA) is 77.2 Å². The average Bonchev–Trinajstić information content (AvgIpc) is 3.26. The molecular formula is C23H18FN3O3. The molecule has 0 saturated heterocycles. The molecule has 150 valence electrons. The summed E-state index contributed by atoms with van der Waals surface area (Å²) in [6.45, 7) is 1.55. The van der Waals surface area contributed by atoms with E-state index in [1.54, 1.807) is 43.3 Å². The summed E-state index contributed by atoms with van der Waals surface area (Å²) in [5.74, 6) is -0.237. The maximum atomic E-state index is 13.8. The van der Waals surface area contributed by atoms with Crippen molar-refractivity contribution < 1.29 is 18.4 Å². The molecule has 0 unspecified atom stereocenters. The van der Waals surface area contributed by atoms with Crippen molar-refractivity contribution in [3.05, 3.63) is 84.7 Å². The molecule has 1 N–H and O–H groups in total. The quantitative estimate of drug-likeness (QED) is 0.493. The molecule has 1 heterocycles. The highest BCUT2D eigenvalue weighted by Gasteiger charge is 2.20. The fourth-order valence-corrected chi connectivity index (χ4v) is 2.83. The summed E-state index contributed by atoms with van der Waals surface area (Å²) in [6, 6.07) is 22.4. The first-order chi connectivity index (χ1) is 14.6. The van der Waals surface area contributed by atoms with Crippen molar-refractivity contribution in [1.82, 2.24) is 10.1 Å². The third-order valence-electron chi connectivity index (χ3n) is 4.38. The first-order valence-corrected chi connectivity index (χ1v) is 9.32. The van der Waals surface area contributed by atoms with E-state index in [2.05, 4.69) is 15.5 Å². The van der Waals surface area contributed by atoms with Crippen molar-refractivity contribution in [3.8, 4) is 28.6 Å². The van der Waals surface area contributed by atoms with E-state index in [4.69, 9.17) is 9.26 Å². The van der Waals surface area contributed by atoms with Gasteiger partial charge in [0.2, 0.25) is 5.82 Å². The maximum absolute atomic E-state index is 13.8. The maximum Gasteiger partial charge on any atom is 0.265 e. The SMILES string of the molecule is C[C@H](Oc1ccccc1F)C(=O)Nc1ccccc1-c1nc(-c2ccccc2)no1. The molecule has 1 aromatic heterocycles. The molecule has 0 aliphatic rings. The van der Waals surface area contributed by atoms with Gasteiger partial charge in [-0.05, 0) is 31.2 Å². The molecule has 0 aliphatic heterocycles. The van der Waals surface area contributed by atoms with Gasteiger partial charge < -0.3 is 14.6 Å². The van der Waals surface area contributed by atoms with E-state index in [1.165, 1.54) is 12.1 Å². The molecule has 0 radical (unpaired) electrons. The predicted octanol–water partition coefficient (Wildman–Crippen LogP) is 4.95. The lowest BCUT2D eigenvalue weighted by atomic mass is 10.1. The summed E-state index contributed by atoms with van der Waals surface area (Å²) >= 11 is 0. The number of amides is 1. The van der Waals surface area contributed by atoms with Gasteiger partial charge in [0.15, 0.2) is 17.7 Å². The minimum Gasteiger partial charge on any atom is -0.478 e. The molecule has 0 bridgehead atoms. The number of hydrogen-bond donors (Lipinski definition) is 1. The molecule has 6 nitrogen and oxygen atoms in total. The van der Waals surface area contributed by atoms with Gasteiger partial charge in [-0.15, -0.1) is 0 Å². The Balaban J connectivity index is 1.53. The number of ether oxygens (including phenoxy) is 1. The Bertz CT molecular complexity index is 1160. The van der Waals surface area contributed by atoms with Crippen LogP contribution in [0.1, 0.15) is 6.92 Å². The van der Waals surface area contributed by atoms with Crippen LogP contribution >= 0.6 is 0 Å². The lowest BCUT2D eigenvalue weighted by Crippen LogP contribution is -2.30.